The van der Waals surface area contributed by atoms with E-state index in [1.807, 2.05) is 0 Å². The van der Waals surface area contributed by atoms with Gasteiger partial charge in [0, 0.05) is 0 Å². The van der Waals surface area contributed by atoms with Crippen LogP contribution in [0.2, 0.25) is 0 Å². The fourth-order valence-electron chi connectivity index (χ4n) is 6.13. The van der Waals surface area contributed by atoms with Gasteiger partial charge < -0.3 is 9.80 Å². The molecule has 4 aromatic rings. The summed E-state index contributed by atoms with van der Waals surface area (Å²) >= 11 is 0. The summed E-state index contributed by atoms with van der Waals surface area (Å²) in [4.78, 5) is 149. The zero-order chi connectivity index (χ0) is 52.8. The largest absolute Gasteiger partial charge is 0.477 e. The number of nitro benzene ring substituents is 11. The second-order valence-corrected chi connectivity index (χ2v) is 12.6. The van der Waals surface area contributed by atoms with Gasteiger partial charge in [0.15, 0.2) is 36.0 Å². The van der Waals surface area contributed by atoms with Gasteiger partial charge in [-0.15, -0.1) is 0 Å². The maximum atomic E-state index is 12.9. The summed E-state index contributed by atoms with van der Waals surface area (Å²) in [6, 6.07) is 0.548. The highest BCUT2D eigenvalue weighted by molar-refractivity contribution is 5.91. The molecule has 0 radical (unpaired) electrons. The van der Waals surface area contributed by atoms with E-state index in [1.54, 1.807) is 0 Å². The zero-order valence-electron chi connectivity index (χ0n) is 33.2. The summed E-state index contributed by atoms with van der Waals surface area (Å²) in [6.45, 7) is -5.94. The maximum Gasteiger partial charge on any atom is 0.477 e. The van der Waals surface area contributed by atoms with Crippen LogP contribution in [0.25, 0.3) is 0 Å². The quantitative estimate of drug-likeness (QED) is 0.0705. The zero-order valence-corrected chi connectivity index (χ0v) is 33.2. The number of benzene rings is 4. The van der Waals surface area contributed by atoms with E-state index < -0.39 is 181 Å². The minimum absolute atomic E-state index is 0.0260. The molecule has 70 heavy (non-hydrogen) atoms. The molecule has 0 aromatic heterocycles. The molecule has 4 aromatic carbocycles. The van der Waals surface area contributed by atoms with Crippen LogP contribution in [0.15, 0.2) is 48.5 Å². The lowest BCUT2D eigenvalue weighted by molar-refractivity contribution is -0.980. The van der Waals surface area contributed by atoms with Crippen molar-refractivity contribution in [1.82, 2.24) is 0 Å². The highest BCUT2D eigenvalue weighted by Gasteiger charge is 2.45. The van der Waals surface area contributed by atoms with Gasteiger partial charge in [-0.2, -0.15) is 9.68 Å². The summed E-state index contributed by atoms with van der Waals surface area (Å²) in [5, 5.41) is 141. The van der Waals surface area contributed by atoms with Crippen LogP contribution in [0.4, 0.5) is 91.0 Å². The molecule has 0 amide bonds. The molecule has 0 heterocycles. The number of nitro groups is 11. The molecule has 0 fully saturated rings. The van der Waals surface area contributed by atoms with Crippen LogP contribution < -0.4 is 9.80 Å². The second-order valence-electron chi connectivity index (χ2n) is 12.6. The molecule has 0 bridgehead atoms. The summed E-state index contributed by atoms with van der Waals surface area (Å²) in [7, 11) is 0. The first-order chi connectivity index (χ1) is 32.6. The van der Waals surface area contributed by atoms with Crippen LogP contribution in [0, 0.1) is 121 Å². The minimum atomic E-state index is -1.68. The highest BCUT2D eigenvalue weighted by atomic mass is 17.0. The Balaban J connectivity index is 1.89. The molecule has 42 heteroatoms. The molecule has 0 spiro atoms. The summed E-state index contributed by atoms with van der Waals surface area (Å²) in [6.07, 6.45) is 0. The molecule has 0 atom stereocenters. The van der Waals surface area contributed by atoms with Crippen molar-refractivity contribution in [3.05, 3.63) is 170 Å². The van der Waals surface area contributed by atoms with Crippen molar-refractivity contribution in [1.29, 1.82) is 0 Å². The van der Waals surface area contributed by atoms with Crippen LogP contribution in [0.1, 0.15) is 0 Å². The Morgan fingerprint density at radius 1 is 0.329 bits per heavy atom. The van der Waals surface area contributed by atoms with Crippen molar-refractivity contribution in [2.24, 2.45) is 0 Å². The van der Waals surface area contributed by atoms with Crippen molar-refractivity contribution >= 4 is 91.0 Å². The Bertz CT molecular complexity index is 2530. The van der Waals surface area contributed by atoms with Gasteiger partial charge in [-0.25, -0.2) is 5.21 Å². The Hall–Kier alpha value is -11.5. The van der Waals surface area contributed by atoms with Crippen LogP contribution in [-0.4, -0.2) is 95.7 Å². The molecule has 0 unspecified atom stereocenters. The molecule has 0 aliphatic heterocycles. The molecule has 364 valence electrons. The Morgan fingerprint density at radius 2 is 0.514 bits per heavy atom. The Kier molecular flexibility index (Phi) is 14.7. The lowest BCUT2D eigenvalue weighted by Gasteiger charge is -2.23. The topological polar surface area (TPSA) is 560 Å². The molecular weight excluding hydrogens is 978 g/mol. The Labute approximate surface area is 375 Å². The molecule has 0 aliphatic carbocycles. The average Bonchev–Trinajstić information content (AvgIpc) is 3.27. The molecule has 1 N–H and O–H groups in total. The first-order valence-corrected chi connectivity index (χ1v) is 17.4. The number of hydrogen-bond donors (Lipinski definition) is 1. The molecule has 42 nitrogen and oxygen atoms in total. The normalized spacial score (nSPS) is 10.5. The minimum Gasteiger partial charge on any atom is -0.315 e. The Morgan fingerprint density at radius 3 is 0.671 bits per heavy atom. The fourth-order valence-corrected chi connectivity index (χ4v) is 6.13. The van der Waals surface area contributed by atoms with Crippen molar-refractivity contribution in [2.45, 2.75) is 0 Å². The number of nitrogens with zero attached hydrogens (tertiary/aromatic N) is 15. The van der Waals surface area contributed by atoms with Crippen LogP contribution in [0.3, 0.4) is 0 Å². The van der Waals surface area contributed by atoms with Crippen LogP contribution >= 0.6 is 0 Å². The van der Waals surface area contributed by atoms with E-state index >= 15 is 0 Å². The number of anilines is 4. The molecule has 4 rings (SSSR count). The van der Waals surface area contributed by atoms with E-state index in [0.717, 1.165) is 0 Å². The van der Waals surface area contributed by atoms with E-state index in [-0.39, 0.29) is 58.3 Å². The van der Waals surface area contributed by atoms with Gasteiger partial charge in [0.25, 0.3) is 22.0 Å². The van der Waals surface area contributed by atoms with Gasteiger partial charge in [0.05, 0.1) is 109 Å². The van der Waals surface area contributed by atoms with Gasteiger partial charge >= 0.3 is 56.3 Å². The fraction of sp³-hybridized carbons (Fsp3) is 0.143. The van der Waals surface area contributed by atoms with Gasteiger partial charge in [0.1, 0.15) is 17.0 Å². The highest BCUT2D eigenvalue weighted by Crippen LogP contribution is 2.52. The van der Waals surface area contributed by atoms with E-state index in [9.17, 15) is 126 Å². The summed E-state index contributed by atoms with van der Waals surface area (Å²) in [5.41, 5.74) is -24.8. The smallest absolute Gasteiger partial charge is 0.315 e. The average molecular weight is 996 g/mol. The van der Waals surface area contributed by atoms with Crippen molar-refractivity contribution in [3.63, 3.8) is 0 Å². The summed E-state index contributed by atoms with van der Waals surface area (Å²) < 4.78 is 0. The lowest BCUT2D eigenvalue weighted by atomic mass is 10.1. The second kappa shape index (κ2) is 20.1. The van der Waals surface area contributed by atoms with Crippen LogP contribution in [0.5, 0.6) is 0 Å². The molecule has 0 saturated carbocycles. The van der Waals surface area contributed by atoms with Gasteiger partial charge in [-0.05, 0) is 0 Å². The molecular formula is C28H17N15O27+2. The maximum absolute atomic E-state index is 12.9. The predicted molar refractivity (Wildman–Crippen MR) is 214 cm³/mol. The van der Waals surface area contributed by atoms with Crippen LogP contribution in [-0.2, 0) is 9.68 Å². The molecule has 0 aliphatic rings. The number of rotatable bonds is 24. The van der Waals surface area contributed by atoms with Crippen molar-refractivity contribution in [2.75, 3.05) is 36.1 Å². The third-order valence-corrected chi connectivity index (χ3v) is 8.75. The summed E-state index contributed by atoms with van der Waals surface area (Å²) in [5.74, 6) is 0. The predicted octanol–water partition coefficient (Wildman–Crippen LogP) is 5.09. The van der Waals surface area contributed by atoms with Gasteiger partial charge in [-0.1, -0.05) is 0 Å². The first-order valence-electron chi connectivity index (χ1n) is 17.4. The van der Waals surface area contributed by atoms with E-state index in [0.29, 0.717) is 0 Å². The SMILES string of the molecule is O=[N+](OCCN(c1c([N+](=O)[O-])cc([N+](=O)[O-])cc1[N+](=O)[O-])c1c([N+](=O)[O-])cc([N+](=O)[O-])cc1[N+](=O)[O-])OCCN(c1c([N+](=O)[O-])cc([N+](=O)[O-])cc1[N+](=O)[O-])c1c([N+](=O)[O-])cc([N+](=O)O)cc1[N+](=O)[O-]. The van der Waals surface area contributed by atoms with Gasteiger partial charge in [-0.3, -0.25) is 111 Å². The third kappa shape index (κ3) is 10.5. The monoisotopic (exact) mass is 995 g/mol. The van der Waals surface area contributed by atoms with Gasteiger partial charge in [0.2, 0.25) is 0 Å². The number of hydrogen-bond acceptors (Lipinski definition) is 28. The third-order valence-electron chi connectivity index (χ3n) is 8.75. The standard InChI is InChI=1S/C28H17N15O27/c44-31(45)13-5-17(35(52)53)25(18(6-13)36(54)55)29(26-19(37(56)57)7-14(32(46)47)8-20(26)38(58)59)1-3-69-43(68)70-4-2-30(27-21(39(60)61)9-15(33(48)49)10-22(27)40(62)63)28-23(41(64)65)11-16(34(50)51)12-24(28)42(66)67/h5-12H,1-4H2,(H,44,45)/q+2. The molecule has 0 saturated heterocycles. The number of non-ortho nitro benzene ring substituents is 3. The van der Waals surface area contributed by atoms with E-state index in [4.69, 9.17) is 4.84 Å². The van der Waals surface area contributed by atoms with E-state index in [2.05, 4.69) is 4.84 Å². The van der Waals surface area contributed by atoms with Crippen molar-refractivity contribution < 1.29 is 79.0 Å². The van der Waals surface area contributed by atoms with Crippen molar-refractivity contribution in [3.8, 4) is 0 Å². The van der Waals surface area contributed by atoms with E-state index in [1.165, 1.54) is 0 Å². The lowest BCUT2D eigenvalue weighted by Crippen LogP contribution is -2.29. The first kappa shape index (κ1) is 51.1.